The van der Waals surface area contributed by atoms with E-state index in [-0.39, 0.29) is 18.6 Å². The lowest BCUT2D eigenvalue weighted by atomic mass is 9.87. The topological polar surface area (TPSA) is 73.9 Å². The van der Waals surface area contributed by atoms with Crippen LogP contribution in [0.25, 0.3) is 6.08 Å². The first-order chi connectivity index (χ1) is 13.0. The molecule has 0 spiro atoms. The first-order valence-electron chi connectivity index (χ1n) is 9.46. The van der Waals surface area contributed by atoms with Crippen LogP contribution < -0.4 is 14.8 Å². The normalized spacial score (nSPS) is 19.5. The van der Waals surface area contributed by atoms with E-state index in [0.717, 1.165) is 37.2 Å². The zero-order valence-electron chi connectivity index (χ0n) is 16.3. The number of nitrogens with one attached hydrogen (secondary N) is 1. The van der Waals surface area contributed by atoms with Gasteiger partial charge in [0.15, 0.2) is 18.1 Å². The third-order valence-electron chi connectivity index (χ3n) is 4.63. The van der Waals surface area contributed by atoms with Crippen molar-refractivity contribution in [3.05, 3.63) is 29.8 Å². The minimum Gasteiger partial charge on any atom is -0.493 e. The molecule has 27 heavy (non-hydrogen) atoms. The van der Waals surface area contributed by atoms with E-state index in [9.17, 15) is 9.59 Å². The molecule has 0 unspecified atom stereocenters. The number of carbonyl (C=O) groups is 2. The van der Waals surface area contributed by atoms with Gasteiger partial charge >= 0.3 is 5.97 Å². The second-order valence-electron chi connectivity index (χ2n) is 6.80. The second kappa shape index (κ2) is 10.6. The average Bonchev–Trinajstić information content (AvgIpc) is 2.67. The van der Waals surface area contributed by atoms with Crippen LogP contribution in [0.3, 0.4) is 0 Å². The fourth-order valence-corrected chi connectivity index (χ4v) is 3.07. The zero-order chi connectivity index (χ0) is 19.6. The SMILES string of the molecule is CCOC(=O)COc1cc(C=CC(=O)NC2CCC(C)CC2)ccc1OC. The van der Waals surface area contributed by atoms with Crippen LogP contribution in [0.15, 0.2) is 24.3 Å². The molecule has 1 saturated carbocycles. The van der Waals surface area contributed by atoms with Crippen LogP contribution in [-0.4, -0.2) is 38.2 Å². The Labute approximate surface area is 160 Å². The number of carbonyl (C=O) groups excluding carboxylic acids is 2. The molecule has 0 aliphatic heterocycles. The van der Waals surface area contributed by atoms with Gasteiger partial charge in [-0.15, -0.1) is 0 Å². The number of amides is 1. The van der Waals surface area contributed by atoms with E-state index in [4.69, 9.17) is 14.2 Å². The van der Waals surface area contributed by atoms with Crippen LogP contribution in [0.1, 0.15) is 45.1 Å². The number of benzene rings is 1. The number of hydrogen-bond acceptors (Lipinski definition) is 5. The minimum absolute atomic E-state index is 0.0978. The maximum absolute atomic E-state index is 12.1. The van der Waals surface area contributed by atoms with Gasteiger partial charge in [0.25, 0.3) is 0 Å². The monoisotopic (exact) mass is 375 g/mol. The standard InChI is InChI=1S/C21H29NO5/c1-4-26-21(24)14-27-19-13-16(7-11-18(19)25-3)8-12-20(23)22-17-9-5-15(2)6-10-17/h7-8,11-13,15,17H,4-6,9-10,14H2,1-3H3,(H,22,23). The molecule has 0 radical (unpaired) electrons. The lowest BCUT2D eigenvalue weighted by Gasteiger charge is -2.26. The van der Waals surface area contributed by atoms with Crippen LogP contribution in [0, 0.1) is 5.92 Å². The lowest BCUT2D eigenvalue weighted by Crippen LogP contribution is -2.36. The van der Waals surface area contributed by atoms with E-state index in [1.807, 2.05) is 6.07 Å². The molecule has 1 amide bonds. The van der Waals surface area contributed by atoms with Gasteiger partial charge in [-0.25, -0.2) is 4.79 Å². The summed E-state index contributed by atoms with van der Waals surface area (Å²) in [6.07, 6.45) is 7.64. The Hall–Kier alpha value is -2.50. The Morgan fingerprint density at radius 3 is 2.59 bits per heavy atom. The molecule has 1 aliphatic rings. The summed E-state index contributed by atoms with van der Waals surface area (Å²) in [5, 5.41) is 3.06. The number of esters is 1. The molecule has 6 nitrogen and oxygen atoms in total. The number of methoxy groups -OCH3 is 1. The minimum atomic E-state index is -0.443. The predicted octanol–water partition coefficient (Wildman–Crippen LogP) is 3.35. The van der Waals surface area contributed by atoms with Crippen molar-refractivity contribution < 1.29 is 23.8 Å². The summed E-state index contributed by atoms with van der Waals surface area (Å²) in [5.74, 6) is 1.15. The Balaban J connectivity index is 1.94. The summed E-state index contributed by atoms with van der Waals surface area (Å²) in [5.41, 5.74) is 0.780. The van der Waals surface area contributed by atoms with Crippen LogP contribution in [0.2, 0.25) is 0 Å². The molecule has 0 heterocycles. The molecule has 1 aromatic rings. The Kier molecular flexibility index (Phi) is 8.17. The quantitative estimate of drug-likeness (QED) is 0.557. The van der Waals surface area contributed by atoms with E-state index in [0.29, 0.717) is 18.1 Å². The molecular weight excluding hydrogens is 346 g/mol. The van der Waals surface area contributed by atoms with Gasteiger partial charge in [0.05, 0.1) is 13.7 Å². The Bertz CT molecular complexity index is 663. The van der Waals surface area contributed by atoms with Gasteiger partial charge in [-0.2, -0.15) is 0 Å². The Morgan fingerprint density at radius 2 is 1.93 bits per heavy atom. The fraction of sp³-hybridized carbons (Fsp3) is 0.524. The van der Waals surface area contributed by atoms with Crippen LogP contribution in [0.5, 0.6) is 11.5 Å². The molecule has 6 heteroatoms. The molecule has 1 aliphatic carbocycles. The van der Waals surface area contributed by atoms with E-state index >= 15 is 0 Å². The molecule has 2 rings (SSSR count). The summed E-state index contributed by atoms with van der Waals surface area (Å²) >= 11 is 0. The van der Waals surface area contributed by atoms with Crippen molar-refractivity contribution in [2.24, 2.45) is 5.92 Å². The number of rotatable bonds is 8. The highest BCUT2D eigenvalue weighted by atomic mass is 16.6. The zero-order valence-corrected chi connectivity index (χ0v) is 16.3. The van der Waals surface area contributed by atoms with Gasteiger partial charge in [0.1, 0.15) is 0 Å². The van der Waals surface area contributed by atoms with Gasteiger partial charge in [0.2, 0.25) is 5.91 Å². The first-order valence-corrected chi connectivity index (χ1v) is 9.46. The van der Waals surface area contributed by atoms with Crippen molar-refractivity contribution in [1.82, 2.24) is 5.32 Å². The van der Waals surface area contributed by atoms with E-state index in [2.05, 4.69) is 12.2 Å². The highest BCUT2D eigenvalue weighted by Crippen LogP contribution is 2.28. The number of ether oxygens (including phenoxy) is 3. The van der Waals surface area contributed by atoms with Crippen LogP contribution >= 0.6 is 0 Å². The highest BCUT2D eigenvalue weighted by Gasteiger charge is 2.18. The van der Waals surface area contributed by atoms with Crippen molar-refractivity contribution in [3.8, 4) is 11.5 Å². The van der Waals surface area contributed by atoms with Gasteiger partial charge in [-0.3, -0.25) is 4.79 Å². The Morgan fingerprint density at radius 1 is 1.19 bits per heavy atom. The van der Waals surface area contributed by atoms with Gasteiger partial charge in [-0.05, 0) is 62.3 Å². The van der Waals surface area contributed by atoms with Crippen molar-refractivity contribution in [2.45, 2.75) is 45.6 Å². The summed E-state index contributed by atoms with van der Waals surface area (Å²) in [6.45, 7) is 4.10. The smallest absolute Gasteiger partial charge is 0.344 e. The maximum atomic E-state index is 12.1. The van der Waals surface area contributed by atoms with Gasteiger partial charge in [-0.1, -0.05) is 13.0 Å². The third kappa shape index (κ3) is 6.96. The molecular formula is C21H29NO5. The molecule has 1 N–H and O–H groups in total. The molecule has 0 aromatic heterocycles. The second-order valence-corrected chi connectivity index (χ2v) is 6.80. The lowest BCUT2D eigenvalue weighted by molar-refractivity contribution is -0.145. The summed E-state index contributed by atoms with van der Waals surface area (Å²) in [6, 6.07) is 5.55. The summed E-state index contributed by atoms with van der Waals surface area (Å²) < 4.78 is 15.6. The van der Waals surface area contributed by atoms with Crippen LogP contribution in [-0.2, 0) is 14.3 Å². The van der Waals surface area contributed by atoms with Crippen LogP contribution in [0.4, 0.5) is 0 Å². The van der Waals surface area contributed by atoms with Gasteiger partial charge < -0.3 is 19.5 Å². The van der Waals surface area contributed by atoms with Gasteiger partial charge in [0, 0.05) is 12.1 Å². The first kappa shape index (κ1) is 20.8. The molecule has 0 atom stereocenters. The predicted molar refractivity (Wildman–Crippen MR) is 104 cm³/mol. The van der Waals surface area contributed by atoms with E-state index in [1.165, 1.54) is 13.2 Å². The highest BCUT2D eigenvalue weighted by molar-refractivity contribution is 5.92. The van der Waals surface area contributed by atoms with Crippen molar-refractivity contribution in [2.75, 3.05) is 20.3 Å². The van der Waals surface area contributed by atoms with E-state index < -0.39 is 5.97 Å². The summed E-state index contributed by atoms with van der Waals surface area (Å²) in [7, 11) is 1.53. The molecule has 1 aromatic carbocycles. The summed E-state index contributed by atoms with van der Waals surface area (Å²) in [4.78, 5) is 23.6. The molecule has 0 saturated heterocycles. The third-order valence-corrected chi connectivity index (χ3v) is 4.63. The molecule has 0 bridgehead atoms. The van der Waals surface area contributed by atoms with Crippen molar-refractivity contribution in [3.63, 3.8) is 0 Å². The molecule has 1 fully saturated rings. The fourth-order valence-electron chi connectivity index (χ4n) is 3.07. The largest absolute Gasteiger partial charge is 0.493 e. The number of hydrogen-bond donors (Lipinski definition) is 1. The van der Waals surface area contributed by atoms with Crippen molar-refractivity contribution >= 4 is 18.0 Å². The maximum Gasteiger partial charge on any atom is 0.344 e. The van der Waals surface area contributed by atoms with Crippen molar-refractivity contribution in [1.29, 1.82) is 0 Å². The molecule has 148 valence electrons. The van der Waals surface area contributed by atoms with E-state index in [1.54, 1.807) is 25.1 Å². The average molecular weight is 375 g/mol.